The topological polar surface area (TPSA) is 169 Å². The highest BCUT2D eigenvalue weighted by Crippen LogP contribution is 2.42. The number of aromatic nitrogens is 7. The van der Waals surface area contributed by atoms with E-state index < -0.39 is 12.7 Å². The Morgan fingerprint density at radius 2 is 1.72 bits per heavy atom. The predicted octanol–water partition coefficient (Wildman–Crippen LogP) is 5.46. The van der Waals surface area contributed by atoms with Gasteiger partial charge >= 0.3 is 6.09 Å². The molecule has 2 saturated heterocycles. The number of aryl methyl sites for hydroxylation is 1. The van der Waals surface area contributed by atoms with Gasteiger partial charge in [-0.1, -0.05) is 0 Å². The lowest BCUT2D eigenvalue weighted by molar-refractivity contribution is -0.0162. The van der Waals surface area contributed by atoms with Crippen molar-refractivity contribution in [3.8, 4) is 17.0 Å². The molecule has 7 rings (SSSR count). The van der Waals surface area contributed by atoms with Crippen molar-refractivity contribution in [2.45, 2.75) is 32.4 Å². The molecule has 0 bridgehead atoms. The molecule has 18 heteroatoms. The summed E-state index contributed by atoms with van der Waals surface area (Å²) < 4.78 is 27.3. The standard InChI is InChI=1S/C36H44BrN12O4P/c1-36(2,3)53-35(50)49-20-23(21-49)47-12-14-48(15-13-47)32-24(22-17-41-46(4)19-22)16-28(33(45-32)52-5)43-34-40-18-25(37)31(44-34)42-27-9-8-26-29(39-11-10-38-26)30(27)54(6,7)51/h8-11,16-19,23H,12-15,20-21H2,1-7H3,(H2,40,42,43,44). The molecule has 1 amide bonds. The van der Waals surface area contributed by atoms with Gasteiger partial charge in [0.2, 0.25) is 11.8 Å². The molecule has 2 aliphatic heterocycles. The number of methoxy groups -OCH3 is 1. The van der Waals surface area contributed by atoms with Crippen molar-refractivity contribution in [1.82, 2.24) is 44.5 Å². The van der Waals surface area contributed by atoms with Crippen LogP contribution in [-0.4, -0.2) is 122 Å². The predicted molar refractivity (Wildman–Crippen MR) is 213 cm³/mol. The van der Waals surface area contributed by atoms with Crippen LogP contribution in [0, 0.1) is 0 Å². The van der Waals surface area contributed by atoms with Gasteiger partial charge in [0.15, 0.2) is 0 Å². The highest BCUT2D eigenvalue weighted by molar-refractivity contribution is 9.10. The first kappa shape index (κ1) is 37.5. The monoisotopic (exact) mass is 818 g/mol. The Balaban J connectivity index is 1.13. The lowest BCUT2D eigenvalue weighted by atomic mass is 10.1. The van der Waals surface area contributed by atoms with Crippen LogP contribution in [-0.2, 0) is 16.3 Å². The van der Waals surface area contributed by atoms with Gasteiger partial charge in [-0.2, -0.15) is 15.1 Å². The first-order chi connectivity index (χ1) is 25.7. The van der Waals surface area contributed by atoms with Crippen LogP contribution in [0.15, 0.2) is 53.7 Å². The highest BCUT2D eigenvalue weighted by atomic mass is 79.9. The molecule has 2 N–H and O–H groups in total. The van der Waals surface area contributed by atoms with Gasteiger partial charge < -0.3 is 34.5 Å². The number of nitrogens with one attached hydrogen (secondary N) is 2. The molecule has 284 valence electrons. The van der Waals surface area contributed by atoms with Crippen molar-refractivity contribution in [1.29, 1.82) is 0 Å². The summed E-state index contributed by atoms with van der Waals surface area (Å²) in [7, 11) is 0.666. The van der Waals surface area contributed by atoms with Crippen LogP contribution in [0.5, 0.6) is 5.88 Å². The minimum Gasteiger partial charge on any atom is -0.479 e. The number of benzene rings is 1. The summed E-state index contributed by atoms with van der Waals surface area (Å²) >= 11 is 3.57. The smallest absolute Gasteiger partial charge is 0.410 e. The Kier molecular flexibility index (Phi) is 10.2. The number of nitrogens with zero attached hydrogens (tertiary/aromatic N) is 10. The van der Waals surface area contributed by atoms with E-state index in [2.05, 4.69) is 56.4 Å². The molecule has 0 aliphatic carbocycles. The Morgan fingerprint density at radius 1 is 0.981 bits per heavy atom. The van der Waals surface area contributed by atoms with Crippen molar-refractivity contribution in [2.75, 3.05) is 75.2 Å². The second-order valence-corrected chi connectivity index (χ2v) is 18.8. The summed E-state index contributed by atoms with van der Waals surface area (Å²) in [4.78, 5) is 42.2. The molecule has 5 aromatic rings. The number of hydrogen-bond acceptors (Lipinski definition) is 14. The lowest BCUT2D eigenvalue weighted by Crippen LogP contribution is -2.64. The number of fused-ring (bicyclic) bond motifs is 1. The number of ether oxygens (including phenoxy) is 2. The summed E-state index contributed by atoms with van der Waals surface area (Å²) in [6.07, 6.45) is 8.36. The van der Waals surface area contributed by atoms with Crippen LogP contribution in [0.3, 0.4) is 0 Å². The van der Waals surface area contributed by atoms with Gasteiger partial charge in [0.05, 0.1) is 34.3 Å². The zero-order chi connectivity index (χ0) is 38.4. The van der Waals surface area contributed by atoms with Crippen LogP contribution in [0.4, 0.5) is 33.8 Å². The number of carbonyl (C=O) groups is 1. The van der Waals surface area contributed by atoms with Gasteiger partial charge in [-0.3, -0.25) is 19.5 Å². The molecule has 1 aromatic carbocycles. The maximum atomic E-state index is 13.5. The van der Waals surface area contributed by atoms with Gasteiger partial charge in [-0.25, -0.2) is 9.78 Å². The highest BCUT2D eigenvalue weighted by Gasteiger charge is 2.38. The van der Waals surface area contributed by atoms with E-state index in [9.17, 15) is 9.36 Å². The van der Waals surface area contributed by atoms with Crippen LogP contribution in [0.25, 0.3) is 22.2 Å². The summed E-state index contributed by atoms with van der Waals surface area (Å²) in [5, 5.41) is 11.7. The number of pyridine rings is 1. The van der Waals surface area contributed by atoms with E-state index in [1.807, 2.05) is 58.4 Å². The third-order valence-electron chi connectivity index (χ3n) is 9.22. The number of carbonyl (C=O) groups excluding carboxylic acids is 1. The Bertz CT molecular complexity index is 2240. The number of likely N-dealkylation sites (tertiary alicyclic amines) is 1. The number of halogens is 1. The van der Waals surface area contributed by atoms with Crippen LogP contribution in [0.2, 0.25) is 0 Å². The van der Waals surface area contributed by atoms with E-state index >= 15 is 0 Å². The van der Waals surface area contributed by atoms with Crippen molar-refractivity contribution in [3.05, 3.63) is 53.7 Å². The zero-order valence-electron chi connectivity index (χ0n) is 31.4. The van der Waals surface area contributed by atoms with Crippen molar-refractivity contribution < 1.29 is 18.8 Å². The van der Waals surface area contributed by atoms with E-state index in [0.29, 0.717) is 69.0 Å². The van der Waals surface area contributed by atoms with E-state index in [4.69, 9.17) is 19.4 Å². The Hall–Kier alpha value is -4.86. The molecule has 0 atom stereocenters. The molecule has 0 saturated carbocycles. The summed E-state index contributed by atoms with van der Waals surface area (Å²) in [6.45, 7) is 13.5. The fraction of sp³-hybridized carbons (Fsp3) is 0.417. The zero-order valence-corrected chi connectivity index (χ0v) is 33.8. The van der Waals surface area contributed by atoms with Gasteiger partial charge in [-0.15, -0.1) is 0 Å². The molecule has 0 radical (unpaired) electrons. The largest absolute Gasteiger partial charge is 0.479 e. The molecule has 2 fully saturated rings. The van der Waals surface area contributed by atoms with Gasteiger partial charge in [-0.05, 0) is 68.2 Å². The SMILES string of the molecule is COc1nc(N2CCN(C3CN(C(=O)OC(C)(C)C)C3)CC2)c(-c2cnn(C)c2)cc1Nc1ncc(Br)c(Nc2ccc3nccnc3c2P(C)(C)=O)n1. The molecule has 16 nitrogen and oxygen atoms in total. The van der Waals surface area contributed by atoms with Gasteiger partial charge in [0.1, 0.15) is 35.6 Å². The fourth-order valence-electron chi connectivity index (χ4n) is 6.64. The molecular formula is C36H44BrN12O4P. The summed E-state index contributed by atoms with van der Waals surface area (Å²) in [5.41, 5.74) is 3.67. The van der Waals surface area contributed by atoms with E-state index in [0.717, 1.165) is 43.1 Å². The Labute approximate surface area is 322 Å². The van der Waals surface area contributed by atoms with E-state index in [-0.39, 0.29) is 6.09 Å². The number of amides is 1. The van der Waals surface area contributed by atoms with Crippen molar-refractivity contribution in [2.24, 2.45) is 7.05 Å². The fourth-order valence-corrected chi connectivity index (χ4v) is 8.32. The number of rotatable bonds is 9. The molecule has 4 aromatic heterocycles. The summed E-state index contributed by atoms with van der Waals surface area (Å²) in [6, 6.07) is 5.96. The second-order valence-electron chi connectivity index (χ2n) is 14.8. The molecule has 54 heavy (non-hydrogen) atoms. The molecule has 0 unspecified atom stereocenters. The van der Waals surface area contributed by atoms with Crippen molar-refractivity contribution in [3.63, 3.8) is 0 Å². The lowest BCUT2D eigenvalue weighted by Gasteiger charge is -2.48. The summed E-state index contributed by atoms with van der Waals surface area (Å²) in [5.74, 6) is 1.91. The third-order valence-corrected chi connectivity index (χ3v) is 11.3. The number of hydrogen-bond donors (Lipinski definition) is 2. The second kappa shape index (κ2) is 14.8. The first-order valence-electron chi connectivity index (χ1n) is 17.6. The van der Waals surface area contributed by atoms with Crippen LogP contribution in [0.1, 0.15) is 20.8 Å². The first-order valence-corrected chi connectivity index (χ1v) is 21.0. The molecule has 0 spiro atoms. The van der Waals surface area contributed by atoms with Crippen LogP contribution < -0.4 is 25.6 Å². The van der Waals surface area contributed by atoms with Gasteiger partial charge in [0, 0.05) is 88.3 Å². The number of anilines is 5. The third kappa shape index (κ3) is 7.98. The quantitative estimate of drug-likeness (QED) is 0.180. The normalized spacial score (nSPS) is 15.6. The van der Waals surface area contributed by atoms with Crippen molar-refractivity contribution >= 4 is 74.5 Å². The Morgan fingerprint density at radius 3 is 2.39 bits per heavy atom. The average Bonchev–Trinajstić information content (AvgIpc) is 3.53. The van der Waals surface area contributed by atoms with Gasteiger partial charge in [0.25, 0.3) is 0 Å². The minimum absolute atomic E-state index is 0.261. The van der Waals surface area contributed by atoms with E-state index in [1.54, 1.807) is 48.6 Å². The maximum Gasteiger partial charge on any atom is 0.410 e. The maximum absolute atomic E-state index is 13.5. The molecule has 2 aliphatic rings. The average molecular weight is 820 g/mol. The van der Waals surface area contributed by atoms with E-state index in [1.165, 1.54) is 0 Å². The minimum atomic E-state index is -2.80. The molecule has 6 heterocycles. The molecular weight excluding hydrogens is 775 g/mol. The number of piperazine rings is 1. The van der Waals surface area contributed by atoms with Crippen LogP contribution >= 0.6 is 23.1 Å².